The summed E-state index contributed by atoms with van der Waals surface area (Å²) in [4.78, 5) is 19.0. The zero-order valence-corrected chi connectivity index (χ0v) is 13.3. The minimum Gasteiger partial charge on any atom is -0.469 e. The fourth-order valence-corrected chi connectivity index (χ4v) is 3.36. The van der Waals surface area contributed by atoms with Crippen molar-refractivity contribution in [3.8, 4) is 11.8 Å². The van der Waals surface area contributed by atoms with E-state index >= 15 is 0 Å². The molecule has 1 heterocycles. The smallest absolute Gasteiger partial charge is 0.392 e. The molecule has 1 aromatic heterocycles. The van der Waals surface area contributed by atoms with Gasteiger partial charge in [0.1, 0.15) is 18.5 Å². The summed E-state index contributed by atoms with van der Waals surface area (Å²) >= 11 is 0. The Balaban J connectivity index is 1.78. The summed E-state index contributed by atoms with van der Waals surface area (Å²) in [6.07, 6.45) is 11.7. The molecular formula is C16H23N3O4. The number of hydrogen-bond donors (Lipinski definition) is 0. The highest BCUT2D eigenvalue weighted by molar-refractivity contribution is 5.49. The number of rotatable bonds is 5. The van der Waals surface area contributed by atoms with Crippen molar-refractivity contribution in [3.63, 3.8) is 0 Å². The van der Waals surface area contributed by atoms with Gasteiger partial charge in [-0.15, -0.1) is 0 Å². The highest BCUT2D eigenvalue weighted by Crippen LogP contribution is 2.36. The summed E-state index contributed by atoms with van der Waals surface area (Å²) < 4.78 is 11.6. The van der Waals surface area contributed by atoms with E-state index in [-0.39, 0.29) is 29.7 Å². The molecule has 1 aromatic rings. The normalized spacial score (nSPS) is 20.2. The molecule has 0 aromatic carbocycles. The van der Waals surface area contributed by atoms with Gasteiger partial charge in [0, 0.05) is 0 Å². The molecule has 3 rings (SSSR count). The maximum absolute atomic E-state index is 11.5. The third-order valence-electron chi connectivity index (χ3n) is 4.60. The fraction of sp³-hybridized carbons (Fsp3) is 0.750. The number of nitrogens with zero attached hydrogens (tertiary/aromatic N) is 3. The van der Waals surface area contributed by atoms with Gasteiger partial charge in [0.25, 0.3) is 0 Å². The van der Waals surface area contributed by atoms with E-state index in [4.69, 9.17) is 9.47 Å². The van der Waals surface area contributed by atoms with Crippen molar-refractivity contribution in [3.05, 3.63) is 16.4 Å². The summed E-state index contributed by atoms with van der Waals surface area (Å²) in [5.41, 5.74) is -0.233. The first-order chi connectivity index (χ1) is 11.2. The third-order valence-corrected chi connectivity index (χ3v) is 4.60. The third kappa shape index (κ3) is 4.09. The van der Waals surface area contributed by atoms with E-state index in [1.807, 2.05) is 0 Å². The van der Waals surface area contributed by atoms with Gasteiger partial charge >= 0.3 is 17.4 Å². The summed E-state index contributed by atoms with van der Waals surface area (Å²) in [7, 11) is 0. The molecule has 2 saturated carbocycles. The van der Waals surface area contributed by atoms with Crippen LogP contribution in [-0.4, -0.2) is 27.1 Å². The lowest BCUT2D eigenvalue weighted by atomic mass is 9.98. The molecular weight excluding hydrogens is 298 g/mol. The Morgan fingerprint density at radius 2 is 1.30 bits per heavy atom. The molecule has 0 radical (unpaired) electrons. The summed E-state index contributed by atoms with van der Waals surface area (Å²) in [5, 5.41) is 11.5. The first-order valence-corrected chi connectivity index (χ1v) is 8.57. The quantitative estimate of drug-likeness (QED) is 0.605. The first-order valence-electron chi connectivity index (χ1n) is 8.57. The topological polar surface area (TPSA) is 87.4 Å². The monoisotopic (exact) mass is 321 g/mol. The van der Waals surface area contributed by atoms with Gasteiger partial charge in [0.05, 0.1) is 4.92 Å². The molecule has 0 saturated heterocycles. The van der Waals surface area contributed by atoms with E-state index in [0.29, 0.717) is 0 Å². The lowest BCUT2D eigenvalue weighted by Gasteiger charge is -2.24. The molecule has 7 nitrogen and oxygen atoms in total. The lowest BCUT2D eigenvalue weighted by molar-refractivity contribution is -0.388. The van der Waals surface area contributed by atoms with Crippen molar-refractivity contribution >= 4 is 5.69 Å². The second-order valence-electron chi connectivity index (χ2n) is 6.35. The van der Waals surface area contributed by atoms with E-state index in [9.17, 15) is 10.1 Å². The number of nitro groups is 1. The van der Waals surface area contributed by atoms with Gasteiger partial charge in [-0.25, -0.2) is 0 Å². The van der Waals surface area contributed by atoms with Gasteiger partial charge in [-0.05, 0) is 51.4 Å². The Morgan fingerprint density at radius 3 is 1.70 bits per heavy atom. The van der Waals surface area contributed by atoms with Crippen LogP contribution in [0.4, 0.5) is 5.69 Å². The van der Waals surface area contributed by atoms with Crippen molar-refractivity contribution in [2.75, 3.05) is 0 Å². The van der Waals surface area contributed by atoms with E-state index in [1.54, 1.807) is 0 Å². The van der Waals surface area contributed by atoms with Crippen molar-refractivity contribution in [1.29, 1.82) is 0 Å². The fourth-order valence-electron chi connectivity index (χ4n) is 3.36. The molecule has 0 aliphatic heterocycles. The van der Waals surface area contributed by atoms with E-state index in [0.717, 1.165) is 51.4 Å². The highest BCUT2D eigenvalue weighted by atomic mass is 16.6. The lowest BCUT2D eigenvalue weighted by Crippen LogP contribution is -2.23. The van der Waals surface area contributed by atoms with Crippen molar-refractivity contribution < 1.29 is 14.4 Å². The Hall–Kier alpha value is -1.92. The molecule has 7 heteroatoms. The molecule has 0 N–H and O–H groups in total. The Bertz CT molecular complexity index is 502. The molecule has 0 unspecified atom stereocenters. The van der Waals surface area contributed by atoms with Crippen LogP contribution in [0.1, 0.15) is 64.2 Å². The van der Waals surface area contributed by atoms with Gasteiger partial charge in [0.15, 0.2) is 0 Å². The average molecular weight is 321 g/mol. The van der Waals surface area contributed by atoms with Crippen LogP contribution >= 0.6 is 0 Å². The molecule has 0 bridgehead atoms. The van der Waals surface area contributed by atoms with Gasteiger partial charge < -0.3 is 9.47 Å². The number of aromatic nitrogens is 2. The molecule has 2 aliphatic rings. The molecule has 2 aliphatic carbocycles. The zero-order valence-electron chi connectivity index (χ0n) is 13.3. The van der Waals surface area contributed by atoms with Crippen LogP contribution in [0.2, 0.25) is 0 Å². The first kappa shape index (κ1) is 16.0. The van der Waals surface area contributed by atoms with Crippen LogP contribution in [0.3, 0.4) is 0 Å². The Labute approximate surface area is 135 Å². The van der Waals surface area contributed by atoms with Crippen molar-refractivity contribution in [2.24, 2.45) is 0 Å². The van der Waals surface area contributed by atoms with Crippen LogP contribution in [0, 0.1) is 10.1 Å². The molecule has 0 atom stereocenters. The predicted molar refractivity (Wildman–Crippen MR) is 83.7 cm³/mol. The largest absolute Gasteiger partial charge is 0.469 e. The van der Waals surface area contributed by atoms with Gasteiger partial charge in [0.2, 0.25) is 0 Å². The van der Waals surface area contributed by atoms with E-state index in [1.165, 1.54) is 19.2 Å². The number of ether oxygens (including phenoxy) is 2. The molecule has 23 heavy (non-hydrogen) atoms. The SMILES string of the molecule is O=[N+]([O-])c1c(OC2CCCCC2)ncnc1OC1CCCCC1. The predicted octanol–water partition coefficient (Wildman–Crippen LogP) is 3.81. The highest BCUT2D eigenvalue weighted by Gasteiger charge is 2.30. The second-order valence-corrected chi connectivity index (χ2v) is 6.35. The minimum atomic E-state index is -0.490. The maximum atomic E-state index is 11.5. The van der Waals surface area contributed by atoms with E-state index < -0.39 is 4.92 Å². The van der Waals surface area contributed by atoms with Crippen LogP contribution in [0.15, 0.2) is 6.33 Å². The minimum absolute atomic E-state index is 0.000111. The summed E-state index contributed by atoms with van der Waals surface area (Å²) in [5.74, 6) is 0.0884. The Morgan fingerprint density at radius 1 is 0.870 bits per heavy atom. The zero-order chi connectivity index (χ0) is 16.1. The van der Waals surface area contributed by atoms with E-state index in [2.05, 4.69) is 9.97 Å². The average Bonchev–Trinajstić information content (AvgIpc) is 2.56. The molecule has 0 spiro atoms. The molecule has 2 fully saturated rings. The standard InChI is InChI=1S/C16H23N3O4/c20-19(21)14-15(22-12-7-3-1-4-8-12)17-11-18-16(14)23-13-9-5-2-6-10-13/h11-13H,1-10H2. The van der Waals surface area contributed by atoms with Gasteiger partial charge in [-0.2, -0.15) is 9.97 Å². The molecule has 126 valence electrons. The van der Waals surface area contributed by atoms with Crippen LogP contribution in [0.25, 0.3) is 0 Å². The van der Waals surface area contributed by atoms with Gasteiger partial charge in [-0.3, -0.25) is 10.1 Å². The van der Waals surface area contributed by atoms with Crippen LogP contribution in [-0.2, 0) is 0 Å². The van der Waals surface area contributed by atoms with Crippen molar-refractivity contribution in [1.82, 2.24) is 9.97 Å². The molecule has 0 amide bonds. The maximum Gasteiger partial charge on any atom is 0.392 e. The van der Waals surface area contributed by atoms with Crippen molar-refractivity contribution in [2.45, 2.75) is 76.4 Å². The Kier molecular flexibility index (Phi) is 5.25. The summed E-state index contributed by atoms with van der Waals surface area (Å²) in [6, 6.07) is 0. The number of hydrogen-bond acceptors (Lipinski definition) is 6. The van der Waals surface area contributed by atoms with Gasteiger partial charge in [-0.1, -0.05) is 12.8 Å². The van der Waals surface area contributed by atoms with Crippen LogP contribution in [0.5, 0.6) is 11.8 Å². The summed E-state index contributed by atoms with van der Waals surface area (Å²) in [6.45, 7) is 0. The second kappa shape index (κ2) is 7.57. The van der Waals surface area contributed by atoms with Crippen LogP contribution < -0.4 is 9.47 Å².